The predicted molar refractivity (Wildman–Crippen MR) is 78.5 cm³/mol. The van der Waals surface area contributed by atoms with Crippen molar-refractivity contribution in [1.82, 2.24) is 0 Å². The topological polar surface area (TPSA) is 63.2 Å². The summed E-state index contributed by atoms with van der Waals surface area (Å²) >= 11 is 0. The molecule has 0 spiro atoms. The quantitative estimate of drug-likeness (QED) is 0.786. The minimum Gasteiger partial charge on any atom is -0.496 e. The highest BCUT2D eigenvalue weighted by Crippen LogP contribution is 2.31. The van der Waals surface area contributed by atoms with Crippen LogP contribution in [0.1, 0.15) is 40.1 Å². The first-order chi connectivity index (χ1) is 10.1. The lowest BCUT2D eigenvalue weighted by Gasteiger charge is -2.13. The average molecular weight is 283 g/mol. The zero-order chi connectivity index (χ0) is 15.4. The standard InChI is InChI=1S/C17H17NO3/c1-4-15-12(7-8-21-15)17(19)14(10-18)13-9-11(2)5-6-16(13)20-3/h5-9,14H,4H2,1-3H3. The number of ketones is 1. The van der Waals surface area contributed by atoms with E-state index in [9.17, 15) is 10.1 Å². The molecule has 0 fully saturated rings. The molecule has 21 heavy (non-hydrogen) atoms. The molecule has 1 aromatic heterocycles. The van der Waals surface area contributed by atoms with E-state index in [0.717, 1.165) is 5.56 Å². The van der Waals surface area contributed by atoms with Crippen LogP contribution in [0.15, 0.2) is 34.9 Å². The molecule has 0 aliphatic heterocycles. The normalized spacial score (nSPS) is 11.7. The third kappa shape index (κ3) is 2.82. The van der Waals surface area contributed by atoms with Crippen molar-refractivity contribution < 1.29 is 13.9 Å². The van der Waals surface area contributed by atoms with Crippen LogP contribution in [-0.2, 0) is 6.42 Å². The molecule has 0 aliphatic carbocycles. The van der Waals surface area contributed by atoms with Gasteiger partial charge in [-0.2, -0.15) is 5.26 Å². The first-order valence-electron chi connectivity index (χ1n) is 6.77. The smallest absolute Gasteiger partial charge is 0.188 e. The third-order valence-corrected chi connectivity index (χ3v) is 3.42. The van der Waals surface area contributed by atoms with E-state index in [4.69, 9.17) is 9.15 Å². The Labute approximate surface area is 124 Å². The van der Waals surface area contributed by atoms with Crippen LogP contribution >= 0.6 is 0 Å². The van der Waals surface area contributed by atoms with Crippen molar-refractivity contribution in [3.8, 4) is 11.8 Å². The zero-order valence-corrected chi connectivity index (χ0v) is 12.3. The molecular weight excluding hydrogens is 266 g/mol. The number of aryl methyl sites for hydroxylation is 2. The minimum absolute atomic E-state index is 0.257. The van der Waals surface area contributed by atoms with Crippen LogP contribution < -0.4 is 4.74 Å². The monoisotopic (exact) mass is 283 g/mol. The Balaban J connectivity index is 2.48. The van der Waals surface area contributed by atoms with Crippen molar-refractivity contribution in [2.24, 2.45) is 0 Å². The summed E-state index contributed by atoms with van der Waals surface area (Å²) < 4.78 is 10.6. The number of hydrogen-bond donors (Lipinski definition) is 0. The predicted octanol–water partition coefficient (Wildman–Crippen LogP) is 3.65. The van der Waals surface area contributed by atoms with E-state index >= 15 is 0 Å². The summed E-state index contributed by atoms with van der Waals surface area (Å²) in [6, 6.07) is 9.18. The van der Waals surface area contributed by atoms with Crippen molar-refractivity contribution in [1.29, 1.82) is 5.26 Å². The van der Waals surface area contributed by atoms with Crippen LogP contribution in [0.5, 0.6) is 5.75 Å². The molecule has 0 radical (unpaired) electrons. The van der Waals surface area contributed by atoms with Crippen LogP contribution in [0, 0.1) is 18.3 Å². The average Bonchev–Trinajstić information content (AvgIpc) is 2.96. The highest BCUT2D eigenvalue weighted by Gasteiger charge is 2.27. The first kappa shape index (κ1) is 14.9. The van der Waals surface area contributed by atoms with Crippen LogP contribution in [0.3, 0.4) is 0 Å². The summed E-state index contributed by atoms with van der Waals surface area (Å²) in [7, 11) is 1.53. The lowest BCUT2D eigenvalue weighted by atomic mass is 9.90. The van der Waals surface area contributed by atoms with Crippen LogP contribution in [0.25, 0.3) is 0 Å². The number of Topliss-reactive ketones (excluding diaryl/α,β-unsaturated/α-hetero) is 1. The molecule has 0 saturated carbocycles. The van der Waals surface area contributed by atoms with E-state index in [-0.39, 0.29) is 5.78 Å². The molecule has 0 saturated heterocycles. The fourth-order valence-electron chi connectivity index (χ4n) is 2.34. The highest BCUT2D eigenvalue weighted by molar-refractivity contribution is 6.03. The van der Waals surface area contributed by atoms with Gasteiger partial charge in [0.1, 0.15) is 17.4 Å². The molecule has 1 unspecified atom stereocenters. The number of methoxy groups -OCH3 is 1. The van der Waals surface area contributed by atoms with Crippen LogP contribution in [0.4, 0.5) is 0 Å². The van der Waals surface area contributed by atoms with E-state index < -0.39 is 5.92 Å². The number of ether oxygens (including phenoxy) is 1. The van der Waals surface area contributed by atoms with Crippen molar-refractivity contribution in [2.75, 3.05) is 7.11 Å². The van der Waals surface area contributed by atoms with Gasteiger partial charge >= 0.3 is 0 Å². The Bertz CT molecular complexity index is 694. The number of nitriles is 1. The maximum atomic E-state index is 12.7. The van der Waals surface area contributed by atoms with Gasteiger partial charge in [-0.15, -0.1) is 0 Å². The molecule has 2 rings (SSSR count). The van der Waals surface area contributed by atoms with E-state index in [1.807, 2.05) is 26.0 Å². The number of benzene rings is 1. The van der Waals surface area contributed by atoms with Gasteiger partial charge in [0.15, 0.2) is 5.78 Å². The zero-order valence-electron chi connectivity index (χ0n) is 12.3. The lowest BCUT2D eigenvalue weighted by molar-refractivity contribution is 0.0976. The fraction of sp³-hybridized carbons (Fsp3) is 0.294. The van der Waals surface area contributed by atoms with Gasteiger partial charge in [0.05, 0.1) is 25.0 Å². The maximum absolute atomic E-state index is 12.7. The number of rotatable bonds is 5. The number of furan rings is 1. The molecule has 4 heteroatoms. The number of carbonyl (C=O) groups excluding carboxylic acids is 1. The second-order valence-corrected chi connectivity index (χ2v) is 4.78. The molecule has 1 aromatic carbocycles. The summed E-state index contributed by atoms with van der Waals surface area (Å²) in [6.07, 6.45) is 2.09. The third-order valence-electron chi connectivity index (χ3n) is 3.42. The van der Waals surface area contributed by atoms with Gasteiger partial charge in [-0.1, -0.05) is 24.6 Å². The number of hydrogen-bond acceptors (Lipinski definition) is 4. The first-order valence-corrected chi connectivity index (χ1v) is 6.77. The minimum atomic E-state index is -0.900. The van der Waals surface area contributed by atoms with Crippen LogP contribution in [0.2, 0.25) is 0 Å². The summed E-state index contributed by atoms with van der Waals surface area (Å²) in [4.78, 5) is 12.7. The van der Waals surface area contributed by atoms with E-state index in [0.29, 0.717) is 29.1 Å². The molecule has 108 valence electrons. The van der Waals surface area contributed by atoms with Gasteiger partial charge < -0.3 is 9.15 Å². The lowest BCUT2D eigenvalue weighted by Crippen LogP contribution is -2.13. The van der Waals surface area contributed by atoms with E-state index in [1.165, 1.54) is 13.4 Å². The molecule has 0 amide bonds. The van der Waals surface area contributed by atoms with Gasteiger partial charge in [0.2, 0.25) is 0 Å². The molecule has 0 aliphatic rings. The maximum Gasteiger partial charge on any atom is 0.188 e. The summed E-state index contributed by atoms with van der Waals surface area (Å²) in [5, 5.41) is 9.47. The second kappa shape index (κ2) is 6.27. The molecule has 4 nitrogen and oxygen atoms in total. The second-order valence-electron chi connectivity index (χ2n) is 4.78. The molecular formula is C17H17NO3. The van der Waals surface area contributed by atoms with E-state index in [2.05, 4.69) is 6.07 Å². The fourth-order valence-corrected chi connectivity index (χ4v) is 2.34. The Hall–Kier alpha value is -2.54. The van der Waals surface area contributed by atoms with Gasteiger partial charge in [0.25, 0.3) is 0 Å². The van der Waals surface area contributed by atoms with Crippen molar-refractivity contribution in [3.63, 3.8) is 0 Å². The van der Waals surface area contributed by atoms with Gasteiger partial charge in [-0.3, -0.25) is 4.79 Å². The van der Waals surface area contributed by atoms with E-state index in [1.54, 1.807) is 12.1 Å². The Morgan fingerprint density at radius 2 is 2.19 bits per heavy atom. The van der Waals surface area contributed by atoms with Crippen molar-refractivity contribution in [3.05, 3.63) is 53.0 Å². The Morgan fingerprint density at radius 3 is 2.81 bits per heavy atom. The molecule has 1 heterocycles. The SMILES string of the molecule is CCc1occc1C(=O)C(C#N)c1cc(C)ccc1OC. The molecule has 1 atom stereocenters. The summed E-state index contributed by atoms with van der Waals surface area (Å²) in [5.74, 6) is -0.0105. The van der Waals surface area contributed by atoms with Gasteiger partial charge in [0, 0.05) is 12.0 Å². The number of nitrogens with zero attached hydrogens (tertiary/aromatic N) is 1. The molecule has 0 N–H and O–H groups in total. The Kier molecular flexibility index (Phi) is 4.44. The Morgan fingerprint density at radius 1 is 1.43 bits per heavy atom. The molecule has 2 aromatic rings. The number of carbonyl (C=O) groups is 1. The highest BCUT2D eigenvalue weighted by atomic mass is 16.5. The summed E-state index contributed by atoms with van der Waals surface area (Å²) in [6.45, 7) is 3.82. The van der Waals surface area contributed by atoms with Crippen molar-refractivity contribution in [2.45, 2.75) is 26.2 Å². The van der Waals surface area contributed by atoms with Crippen molar-refractivity contribution >= 4 is 5.78 Å². The molecule has 0 bridgehead atoms. The van der Waals surface area contributed by atoms with Gasteiger partial charge in [-0.05, 0) is 19.1 Å². The largest absolute Gasteiger partial charge is 0.496 e. The summed E-state index contributed by atoms with van der Waals surface area (Å²) in [5.41, 5.74) is 2.03. The van der Waals surface area contributed by atoms with Gasteiger partial charge in [-0.25, -0.2) is 0 Å². The van der Waals surface area contributed by atoms with Crippen LogP contribution in [-0.4, -0.2) is 12.9 Å².